The van der Waals surface area contributed by atoms with Crippen LogP contribution in [0.15, 0.2) is 54.9 Å². The molecule has 0 fully saturated rings. The minimum atomic E-state index is 0.693. The molecule has 23 heavy (non-hydrogen) atoms. The minimum absolute atomic E-state index is 0.693. The summed E-state index contributed by atoms with van der Waals surface area (Å²) in [6.07, 6.45) is 3.56. The molecule has 1 aliphatic heterocycles. The summed E-state index contributed by atoms with van der Waals surface area (Å²) in [7, 11) is 1.65. The van der Waals surface area contributed by atoms with Crippen molar-refractivity contribution in [2.45, 2.75) is 6.92 Å². The molecule has 0 radical (unpaired) electrons. The number of ether oxygens (including phenoxy) is 2. The number of pyridine rings is 2. The molecule has 0 spiro atoms. The summed E-state index contributed by atoms with van der Waals surface area (Å²) in [6.45, 7) is 1.99. The molecule has 0 saturated heterocycles. The highest BCUT2D eigenvalue weighted by Gasteiger charge is 2.29. The molecule has 0 amide bonds. The smallest absolute Gasteiger partial charge is 0.182 e. The van der Waals surface area contributed by atoms with Gasteiger partial charge in [0.05, 0.1) is 12.8 Å². The van der Waals surface area contributed by atoms with Crippen LogP contribution in [0.5, 0.6) is 17.2 Å². The number of nitrogens with zero attached hydrogens (tertiary/aromatic N) is 3. The number of para-hydroxylation sites is 2. The fraction of sp³-hybridized carbons (Fsp3) is 0.111. The number of rotatable bonds is 2. The lowest BCUT2D eigenvalue weighted by Crippen LogP contribution is -2.19. The number of anilines is 3. The molecular formula is C18H15N3O2. The van der Waals surface area contributed by atoms with Crippen molar-refractivity contribution in [2.24, 2.45) is 0 Å². The van der Waals surface area contributed by atoms with E-state index in [2.05, 4.69) is 9.97 Å². The fourth-order valence-electron chi connectivity index (χ4n) is 2.67. The largest absolute Gasteiger partial charge is 0.495 e. The highest BCUT2D eigenvalue weighted by molar-refractivity contribution is 5.84. The summed E-state index contributed by atoms with van der Waals surface area (Å²) >= 11 is 0. The molecule has 0 saturated carbocycles. The standard InChI is InChI=1S/C18H15N3O2/c1-12-10-16-18(20-11-12)21(13-6-3-4-7-14(13)22-2)17-15(23-16)8-5-9-19-17/h3-11H,1-2H3. The molecule has 0 atom stereocenters. The van der Waals surface area contributed by atoms with E-state index >= 15 is 0 Å². The maximum atomic E-state index is 5.98. The van der Waals surface area contributed by atoms with Gasteiger partial charge in [0, 0.05) is 12.4 Å². The second-order valence-corrected chi connectivity index (χ2v) is 5.27. The molecule has 0 N–H and O–H groups in total. The third-order valence-corrected chi connectivity index (χ3v) is 3.69. The summed E-state index contributed by atoms with van der Waals surface area (Å²) < 4.78 is 11.5. The van der Waals surface area contributed by atoms with E-state index in [4.69, 9.17) is 9.47 Å². The lowest BCUT2D eigenvalue weighted by Gasteiger charge is -2.31. The Labute approximate surface area is 134 Å². The van der Waals surface area contributed by atoms with Gasteiger partial charge in [-0.15, -0.1) is 0 Å². The van der Waals surface area contributed by atoms with Gasteiger partial charge in [0.15, 0.2) is 23.1 Å². The van der Waals surface area contributed by atoms with Crippen molar-refractivity contribution < 1.29 is 9.47 Å². The predicted molar refractivity (Wildman–Crippen MR) is 88.1 cm³/mol. The van der Waals surface area contributed by atoms with Gasteiger partial charge in [0.1, 0.15) is 5.75 Å². The van der Waals surface area contributed by atoms with E-state index in [1.807, 2.05) is 60.5 Å². The van der Waals surface area contributed by atoms with Gasteiger partial charge in [0.2, 0.25) is 0 Å². The third-order valence-electron chi connectivity index (χ3n) is 3.69. The average molecular weight is 305 g/mol. The van der Waals surface area contributed by atoms with E-state index in [1.165, 1.54) is 0 Å². The van der Waals surface area contributed by atoms with Crippen LogP contribution < -0.4 is 14.4 Å². The SMILES string of the molecule is COc1ccccc1N1c2ncccc2Oc2cc(C)cnc21. The van der Waals surface area contributed by atoms with E-state index < -0.39 is 0 Å². The van der Waals surface area contributed by atoms with Crippen LogP contribution in [0, 0.1) is 6.92 Å². The Kier molecular flexibility index (Phi) is 3.12. The summed E-state index contributed by atoms with van der Waals surface area (Å²) in [5, 5.41) is 0. The van der Waals surface area contributed by atoms with Gasteiger partial charge < -0.3 is 9.47 Å². The summed E-state index contributed by atoms with van der Waals surface area (Å²) in [4.78, 5) is 11.0. The van der Waals surface area contributed by atoms with Crippen molar-refractivity contribution in [3.8, 4) is 17.2 Å². The fourth-order valence-corrected chi connectivity index (χ4v) is 2.67. The van der Waals surface area contributed by atoms with Crippen LogP contribution in [0.3, 0.4) is 0 Å². The zero-order chi connectivity index (χ0) is 15.8. The summed E-state index contributed by atoms with van der Waals surface area (Å²) in [5.74, 6) is 3.54. The van der Waals surface area contributed by atoms with Crippen molar-refractivity contribution in [2.75, 3.05) is 12.0 Å². The number of aromatic nitrogens is 2. The third kappa shape index (κ3) is 2.17. The van der Waals surface area contributed by atoms with Gasteiger partial charge in [-0.25, -0.2) is 9.97 Å². The van der Waals surface area contributed by atoms with Crippen LogP contribution in [0.1, 0.15) is 5.56 Å². The molecule has 114 valence electrons. The van der Waals surface area contributed by atoms with Crippen LogP contribution in [0.4, 0.5) is 17.3 Å². The number of fused-ring (bicyclic) bond motifs is 2. The van der Waals surface area contributed by atoms with Crippen molar-refractivity contribution in [1.82, 2.24) is 9.97 Å². The molecule has 0 unspecified atom stereocenters. The highest BCUT2D eigenvalue weighted by atomic mass is 16.5. The van der Waals surface area contributed by atoms with Crippen LogP contribution in [-0.4, -0.2) is 17.1 Å². The molecule has 0 aliphatic carbocycles. The maximum absolute atomic E-state index is 5.98. The van der Waals surface area contributed by atoms with E-state index in [0.29, 0.717) is 23.1 Å². The van der Waals surface area contributed by atoms with Gasteiger partial charge in [0.25, 0.3) is 0 Å². The van der Waals surface area contributed by atoms with Crippen LogP contribution >= 0.6 is 0 Å². The number of hydrogen-bond donors (Lipinski definition) is 0. The quantitative estimate of drug-likeness (QED) is 0.550. The Morgan fingerprint density at radius 3 is 2.70 bits per heavy atom. The van der Waals surface area contributed by atoms with Crippen LogP contribution in [-0.2, 0) is 0 Å². The Bertz CT molecular complexity index is 880. The monoisotopic (exact) mass is 305 g/mol. The topological polar surface area (TPSA) is 47.5 Å². The first-order valence-corrected chi connectivity index (χ1v) is 7.30. The van der Waals surface area contributed by atoms with Gasteiger partial charge in [-0.3, -0.25) is 4.90 Å². The van der Waals surface area contributed by atoms with Crippen LogP contribution in [0.25, 0.3) is 0 Å². The maximum Gasteiger partial charge on any atom is 0.182 e. The van der Waals surface area contributed by atoms with Gasteiger partial charge in [-0.1, -0.05) is 12.1 Å². The highest BCUT2D eigenvalue weighted by Crippen LogP contribution is 2.50. The van der Waals surface area contributed by atoms with Crippen molar-refractivity contribution in [3.63, 3.8) is 0 Å². The number of aryl methyl sites for hydroxylation is 1. The summed E-state index contributed by atoms with van der Waals surface area (Å²) in [5.41, 5.74) is 1.91. The Morgan fingerprint density at radius 2 is 1.83 bits per heavy atom. The zero-order valence-electron chi connectivity index (χ0n) is 12.9. The molecule has 3 aromatic rings. The first-order valence-electron chi connectivity index (χ1n) is 7.30. The van der Waals surface area contributed by atoms with E-state index in [-0.39, 0.29) is 0 Å². The number of benzene rings is 1. The van der Waals surface area contributed by atoms with E-state index in [0.717, 1.165) is 17.0 Å². The predicted octanol–water partition coefficient (Wildman–Crippen LogP) is 4.37. The molecule has 0 bridgehead atoms. The zero-order valence-corrected chi connectivity index (χ0v) is 12.9. The normalized spacial score (nSPS) is 12.2. The average Bonchev–Trinajstić information content (AvgIpc) is 2.59. The molecule has 5 nitrogen and oxygen atoms in total. The minimum Gasteiger partial charge on any atom is -0.495 e. The first kappa shape index (κ1) is 13.6. The summed E-state index contributed by atoms with van der Waals surface area (Å²) in [6, 6.07) is 13.5. The van der Waals surface area contributed by atoms with Gasteiger partial charge in [-0.2, -0.15) is 0 Å². The van der Waals surface area contributed by atoms with Crippen molar-refractivity contribution in [3.05, 3.63) is 60.4 Å². The number of hydrogen-bond acceptors (Lipinski definition) is 5. The van der Waals surface area contributed by atoms with Gasteiger partial charge in [-0.05, 0) is 42.8 Å². The Morgan fingerprint density at radius 1 is 1.00 bits per heavy atom. The first-order chi connectivity index (χ1) is 11.3. The Hall–Kier alpha value is -3.08. The molecule has 3 heterocycles. The molecule has 5 heteroatoms. The molecular weight excluding hydrogens is 290 g/mol. The Balaban J connectivity index is 1.99. The molecule has 2 aromatic heterocycles. The molecule has 4 rings (SSSR count). The lowest BCUT2D eigenvalue weighted by molar-refractivity contribution is 0.415. The molecule has 1 aliphatic rings. The van der Waals surface area contributed by atoms with E-state index in [9.17, 15) is 0 Å². The van der Waals surface area contributed by atoms with Gasteiger partial charge >= 0.3 is 0 Å². The van der Waals surface area contributed by atoms with E-state index in [1.54, 1.807) is 13.3 Å². The second kappa shape index (κ2) is 5.28. The molecule has 1 aromatic carbocycles. The van der Waals surface area contributed by atoms with Crippen molar-refractivity contribution in [1.29, 1.82) is 0 Å². The van der Waals surface area contributed by atoms with Crippen molar-refractivity contribution >= 4 is 17.3 Å². The lowest BCUT2D eigenvalue weighted by atomic mass is 10.2. The second-order valence-electron chi connectivity index (χ2n) is 5.27. The number of methoxy groups -OCH3 is 1. The van der Waals surface area contributed by atoms with Crippen LogP contribution in [0.2, 0.25) is 0 Å².